The molecule has 0 radical (unpaired) electrons. The second kappa shape index (κ2) is 9.15. The Kier molecular flexibility index (Phi) is 6.91. The van der Waals surface area contributed by atoms with Gasteiger partial charge in [-0.15, -0.1) is 0 Å². The molecule has 0 aliphatic rings. The van der Waals surface area contributed by atoms with Gasteiger partial charge in [0.05, 0.1) is 0 Å². The number of hydrogen-bond acceptors (Lipinski definition) is 3. The summed E-state index contributed by atoms with van der Waals surface area (Å²) in [7, 11) is 0. The van der Waals surface area contributed by atoms with Gasteiger partial charge in [0.15, 0.2) is 6.10 Å². The normalized spacial score (nSPS) is 11.8. The van der Waals surface area contributed by atoms with Crippen LogP contribution in [-0.4, -0.2) is 17.9 Å². The van der Waals surface area contributed by atoms with E-state index in [9.17, 15) is 14.0 Å². The Balaban J connectivity index is 1.83. The maximum absolute atomic E-state index is 12.8. The maximum atomic E-state index is 12.8. The Bertz CT molecular complexity index is 822. The molecule has 26 heavy (non-hydrogen) atoms. The molecule has 5 nitrogen and oxygen atoms in total. The highest BCUT2D eigenvalue weighted by molar-refractivity contribution is 9.10. The van der Waals surface area contributed by atoms with E-state index in [2.05, 4.69) is 26.8 Å². The van der Waals surface area contributed by atoms with Crippen molar-refractivity contribution in [3.63, 3.8) is 0 Å². The number of aryl methyl sites for hydroxylation is 1. The van der Waals surface area contributed by atoms with E-state index in [1.165, 1.54) is 37.3 Å². The van der Waals surface area contributed by atoms with E-state index in [0.29, 0.717) is 5.75 Å². The van der Waals surface area contributed by atoms with Crippen LogP contribution < -0.4 is 15.6 Å². The third kappa shape index (κ3) is 6.00. The Morgan fingerprint density at radius 2 is 1.85 bits per heavy atom. The highest BCUT2D eigenvalue weighted by Gasteiger charge is 2.14. The van der Waals surface area contributed by atoms with E-state index in [1.807, 2.05) is 25.1 Å². The molecule has 2 aromatic rings. The van der Waals surface area contributed by atoms with Crippen LogP contribution in [-0.2, 0) is 9.59 Å². The Morgan fingerprint density at radius 3 is 2.50 bits per heavy atom. The number of rotatable bonds is 5. The molecule has 0 saturated carbocycles. The molecule has 0 aromatic heterocycles. The van der Waals surface area contributed by atoms with Gasteiger partial charge < -0.3 is 4.74 Å². The molecule has 7 heteroatoms. The number of nitrogens with one attached hydrogen (secondary N) is 2. The van der Waals surface area contributed by atoms with E-state index in [0.717, 1.165) is 15.6 Å². The van der Waals surface area contributed by atoms with Crippen LogP contribution in [0.5, 0.6) is 5.75 Å². The number of hydrazine groups is 1. The highest BCUT2D eigenvalue weighted by atomic mass is 79.9. The number of hydrogen-bond donors (Lipinski definition) is 2. The molecule has 2 aromatic carbocycles. The Morgan fingerprint density at radius 1 is 1.15 bits per heavy atom. The Hall–Kier alpha value is -2.67. The predicted molar refractivity (Wildman–Crippen MR) is 101 cm³/mol. The third-order valence-corrected chi connectivity index (χ3v) is 4.06. The van der Waals surface area contributed by atoms with Gasteiger partial charge in [0.1, 0.15) is 11.6 Å². The number of carbonyl (C=O) groups is 2. The second-order valence-corrected chi connectivity index (χ2v) is 6.41. The number of amides is 2. The molecule has 0 aliphatic heterocycles. The first-order chi connectivity index (χ1) is 12.3. The molecule has 2 amide bonds. The van der Waals surface area contributed by atoms with Crippen molar-refractivity contribution in [2.45, 2.75) is 20.0 Å². The summed E-state index contributed by atoms with van der Waals surface area (Å²) in [6, 6.07) is 11.0. The van der Waals surface area contributed by atoms with E-state index in [-0.39, 0.29) is 0 Å². The molecule has 0 saturated heterocycles. The monoisotopic (exact) mass is 420 g/mol. The van der Waals surface area contributed by atoms with Crippen molar-refractivity contribution >= 4 is 33.8 Å². The molecule has 1 unspecified atom stereocenters. The lowest BCUT2D eigenvalue weighted by Crippen LogP contribution is -2.46. The van der Waals surface area contributed by atoms with Gasteiger partial charge in [0, 0.05) is 10.5 Å². The maximum Gasteiger partial charge on any atom is 0.279 e. The van der Waals surface area contributed by atoms with Crippen molar-refractivity contribution in [3.05, 3.63) is 70.0 Å². The lowest BCUT2D eigenvalue weighted by molar-refractivity contribution is -0.131. The SMILES string of the molecule is Cc1ccc(/C=C/C(=O)NNC(=O)C(C)Oc2ccc(F)cc2)c(Br)c1. The summed E-state index contributed by atoms with van der Waals surface area (Å²) in [4.78, 5) is 23.7. The van der Waals surface area contributed by atoms with Gasteiger partial charge in [0.2, 0.25) is 0 Å². The minimum absolute atomic E-state index is 0.351. The average Bonchev–Trinajstić information content (AvgIpc) is 2.60. The summed E-state index contributed by atoms with van der Waals surface area (Å²) < 4.78 is 19.1. The van der Waals surface area contributed by atoms with Crippen molar-refractivity contribution in [1.82, 2.24) is 10.9 Å². The highest BCUT2D eigenvalue weighted by Crippen LogP contribution is 2.19. The predicted octanol–water partition coefficient (Wildman–Crippen LogP) is 3.52. The fraction of sp³-hybridized carbons (Fsp3) is 0.158. The van der Waals surface area contributed by atoms with Crippen LogP contribution in [0.15, 0.2) is 53.0 Å². The van der Waals surface area contributed by atoms with Crippen LogP contribution in [0.2, 0.25) is 0 Å². The van der Waals surface area contributed by atoms with Gasteiger partial charge in [0.25, 0.3) is 11.8 Å². The van der Waals surface area contributed by atoms with E-state index in [1.54, 1.807) is 6.08 Å². The molecular weight excluding hydrogens is 403 g/mol. The topological polar surface area (TPSA) is 67.4 Å². The summed E-state index contributed by atoms with van der Waals surface area (Å²) in [6.07, 6.45) is 2.07. The fourth-order valence-electron chi connectivity index (χ4n) is 1.97. The third-order valence-electron chi connectivity index (χ3n) is 3.37. The van der Waals surface area contributed by atoms with E-state index >= 15 is 0 Å². The molecule has 0 aliphatic carbocycles. The zero-order chi connectivity index (χ0) is 19.1. The smallest absolute Gasteiger partial charge is 0.279 e. The van der Waals surface area contributed by atoms with Crippen LogP contribution in [0, 0.1) is 12.7 Å². The lowest BCUT2D eigenvalue weighted by atomic mass is 10.1. The van der Waals surface area contributed by atoms with Gasteiger partial charge in [-0.2, -0.15) is 0 Å². The summed E-state index contributed by atoms with van der Waals surface area (Å²) >= 11 is 3.42. The molecular formula is C19H18BrFN2O3. The number of carbonyl (C=O) groups excluding carboxylic acids is 2. The van der Waals surface area contributed by atoms with Gasteiger partial charge in [-0.05, 0) is 61.4 Å². The van der Waals surface area contributed by atoms with Gasteiger partial charge >= 0.3 is 0 Å². The van der Waals surface area contributed by atoms with E-state index in [4.69, 9.17) is 4.74 Å². The molecule has 1 atom stereocenters. The summed E-state index contributed by atoms with van der Waals surface area (Å²) in [5.41, 5.74) is 6.49. The van der Waals surface area contributed by atoms with Gasteiger partial charge in [-0.25, -0.2) is 4.39 Å². The van der Waals surface area contributed by atoms with Crippen molar-refractivity contribution in [2.75, 3.05) is 0 Å². The largest absolute Gasteiger partial charge is 0.481 e. The summed E-state index contributed by atoms with van der Waals surface area (Å²) in [5.74, 6) is -1.06. The minimum Gasteiger partial charge on any atom is -0.481 e. The first-order valence-electron chi connectivity index (χ1n) is 7.81. The van der Waals surface area contributed by atoms with Crippen molar-refractivity contribution < 1.29 is 18.7 Å². The molecule has 0 heterocycles. The molecule has 0 fully saturated rings. The number of benzene rings is 2. The average molecular weight is 421 g/mol. The number of halogens is 2. The molecule has 2 rings (SSSR count). The van der Waals surface area contributed by atoms with Crippen LogP contribution in [0.4, 0.5) is 4.39 Å². The van der Waals surface area contributed by atoms with Crippen molar-refractivity contribution in [2.24, 2.45) is 0 Å². The second-order valence-electron chi connectivity index (χ2n) is 5.55. The van der Waals surface area contributed by atoms with E-state index < -0.39 is 23.7 Å². The lowest BCUT2D eigenvalue weighted by Gasteiger charge is -2.14. The Labute approximate surface area is 159 Å². The van der Waals surface area contributed by atoms with Gasteiger partial charge in [-0.3, -0.25) is 20.4 Å². The van der Waals surface area contributed by atoms with Crippen LogP contribution >= 0.6 is 15.9 Å². The summed E-state index contributed by atoms with van der Waals surface area (Å²) in [5, 5.41) is 0. The number of ether oxygens (including phenoxy) is 1. The molecule has 2 N–H and O–H groups in total. The zero-order valence-corrected chi connectivity index (χ0v) is 15.8. The molecule has 136 valence electrons. The zero-order valence-electron chi connectivity index (χ0n) is 14.3. The minimum atomic E-state index is -0.865. The van der Waals surface area contributed by atoms with Crippen molar-refractivity contribution in [1.29, 1.82) is 0 Å². The standard InChI is InChI=1S/C19H18BrFN2O3/c1-12-3-4-14(17(20)11-12)5-10-18(24)22-23-19(25)13(2)26-16-8-6-15(21)7-9-16/h3-11,13H,1-2H3,(H,22,24)(H,23,25)/b10-5+. The van der Waals surface area contributed by atoms with Gasteiger partial charge in [-0.1, -0.05) is 28.1 Å². The van der Waals surface area contributed by atoms with Crippen LogP contribution in [0.3, 0.4) is 0 Å². The quantitative estimate of drug-likeness (QED) is 0.574. The first kappa shape index (κ1) is 19.7. The van der Waals surface area contributed by atoms with Crippen molar-refractivity contribution in [3.8, 4) is 5.75 Å². The first-order valence-corrected chi connectivity index (χ1v) is 8.61. The van der Waals surface area contributed by atoms with Crippen LogP contribution in [0.1, 0.15) is 18.1 Å². The summed E-state index contributed by atoms with van der Waals surface area (Å²) in [6.45, 7) is 3.49. The van der Waals surface area contributed by atoms with Crippen LogP contribution in [0.25, 0.3) is 6.08 Å². The molecule has 0 spiro atoms. The fourth-order valence-corrected chi connectivity index (χ4v) is 2.60. The molecule has 0 bridgehead atoms.